The van der Waals surface area contributed by atoms with Crippen LogP contribution in [0.25, 0.3) is 0 Å². The normalized spacial score (nSPS) is 16.1. The van der Waals surface area contributed by atoms with Crippen molar-refractivity contribution in [1.82, 2.24) is 5.32 Å². The number of rotatable bonds is 12. The third kappa shape index (κ3) is 8.51. The fourth-order valence-electron chi connectivity index (χ4n) is 2.16. The summed E-state index contributed by atoms with van der Waals surface area (Å²) in [6.07, 6.45) is 2.71. The van der Waals surface area contributed by atoms with Crippen LogP contribution in [0.4, 0.5) is 0 Å². The molecule has 0 saturated heterocycles. The minimum absolute atomic E-state index is 0.0477. The SMILES string of the molecule is CCCCOCCOC(C)CC(C)(NC(C)C)C(N)=O. The van der Waals surface area contributed by atoms with Crippen LogP contribution in [0, 0.1) is 0 Å². The van der Waals surface area contributed by atoms with E-state index in [0.29, 0.717) is 19.6 Å². The van der Waals surface area contributed by atoms with E-state index in [9.17, 15) is 4.79 Å². The van der Waals surface area contributed by atoms with Crippen LogP contribution in [-0.2, 0) is 14.3 Å². The van der Waals surface area contributed by atoms with Crippen molar-refractivity contribution in [2.24, 2.45) is 5.73 Å². The van der Waals surface area contributed by atoms with E-state index in [-0.39, 0.29) is 18.1 Å². The fourth-order valence-corrected chi connectivity index (χ4v) is 2.16. The van der Waals surface area contributed by atoms with Gasteiger partial charge in [-0.15, -0.1) is 0 Å². The number of hydrogen-bond acceptors (Lipinski definition) is 4. The summed E-state index contributed by atoms with van der Waals surface area (Å²) in [5.41, 5.74) is 4.76. The van der Waals surface area contributed by atoms with E-state index in [2.05, 4.69) is 12.2 Å². The van der Waals surface area contributed by atoms with Gasteiger partial charge in [-0.25, -0.2) is 0 Å². The summed E-state index contributed by atoms with van der Waals surface area (Å²) in [6.45, 7) is 11.8. The van der Waals surface area contributed by atoms with Crippen LogP contribution < -0.4 is 11.1 Å². The second-order valence-electron chi connectivity index (χ2n) is 5.85. The monoisotopic (exact) mass is 288 g/mol. The molecule has 0 bridgehead atoms. The quantitative estimate of drug-likeness (QED) is 0.537. The number of amides is 1. The number of unbranched alkanes of at least 4 members (excludes halogenated alkanes) is 1. The van der Waals surface area contributed by atoms with Crippen molar-refractivity contribution in [3.05, 3.63) is 0 Å². The van der Waals surface area contributed by atoms with Gasteiger partial charge in [-0.1, -0.05) is 13.3 Å². The predicted molar refractivity (Wildman–Crippen MR) is 81.6 cm³/mol. The Balaban J connectivity index is 4.02. The Morgan fingerprint density at radius 1 is 1.25 bits per heavy atom. The maximum Gasteiger partial charge on any atom is 0.237 e. The summed E-state index contributed by atoms with van der Waals surface area (Å²) in [5.74, 6) is -0.346. The molecule has 5 heteroatoms. The minimum atomic E-state index is -0.739. The molecule has 0 saturated carbocycles. The zero-order chi connectivity index (χ0) is 15.6. The first-order valence-electron chi connectivity index (χ1n) is 7.58. The van der Waals surface area contributed by atoms with Gasteiger partial charge < -0.3 is 20.5 Å². The molecule has 0 aromatic rings. The third-order valence-corrected chi connectivity index (χ3v) is 3.12. The molecular weight excluding hydrogens is 256 g/mol. The van der Waals surface area contributed by atoms with Gasteiger partial charge in [-0.05, 0) is 34.1 Å². The van der Waals surface area contributed by atoms with E-state index < -0.39 is 5.54 Å². The van der Waals surface area contributed by atoms with Crippen LogP contribution in [0.15, 0.2) is 0 Å². The molecule has 3 N–H and O–H groups in total. The lowest BCUT2D eigenvalue weighted by Gasteiger charge is -2.32. The Morgan fingerprint density at radius 3 is 2.40 bits per heavy atom. The number of primary amides is 1. The van der Waals surface area contributed by atoms with Crippen molar-refractivity contribution in [3.63, 3.8) is 0 Å². The van der Waals surface area contributed by atoms with E-state index in [1.807, 2.05) is 27.7 Å². The highest BCUT2D eigenvalue weighted by Crippen LogP contribution is 2.15. The summed E-state index contributed by atoms with van der Waals surface area (Å²) >= 11 is 0. The first-order chi connectivity index (χ1) is 9.31. The summed E-state index contributed by atoms with van der Waals surface area (Å²) < 4.78 is 11.1. The summed E-state index contributed by atoms with van der Waals surface area (Å²) in [7, 11) is 0. The van der Waals surface area contributed by atoms with E-state index in [0.717, 1.165) is 19.4 Å². The van der Waals surface area contributed by atoms with E-state index in [1.54, 1.807) is 0 Å². The molecule has 0 heterocycles. The highest BCUT2D eigenvalue weighted by Gasteiger charge is 2.33. The maximum absolute atomic E-state index is 11.6. The van der Waals surface area contributed by atoms with Gasteiger partial charge in [-0.3, -0.25) is 4.79 Å². The fraction of sp³-hybridized carbons (Fsp3) is 0.933. The van der Waals surface area contributed by atoms with Gasteiger partial charge in [0, 0.05) is 19.1 Å². The van der Waals surface area contributed by atoms with Gasteiger partial charge in [0.25, 0.3) is 0 Å². The van der Waals surface area contributed by atoms with Gasteiger partial charge >= 0.3 is 0 Å². The second-order valence-corrected chi connectivity index (χ2v) is 5.85. The Bertz CT molecular complexity index is 272. The molecule has 2 atom stereocenters. The van der Waals surface area contributed by atoms with Crippen molar-refractivity contribution < 1.29 is 14.3 Å². The number of carbonyl (C=O) groups is 1. The molecule has 0 fully saturated rings. The number of ether oxygens (including phenoxy) is 2. The van der Waals surface area contributed by atoms with Crippen LogP contribution in [0.3, 0.4) is 0 Å². The number of nitrogens with one attached hydrogen (secondary N) is 1. The summed E-state index contributed by atoms with van der Waals surface area (Å²) in [5, 5.41) is 3.22. The molecule has 2 unspecified atom stereocenters. The first-order valence-corrected chi connectivity index (χ1v) is 7.58. The molecule has 0 aromatic heterocycles. The van der Waals surface area contributed by atoms with Crippen molar-refractivity contribution >= 4 is 5.91 Å². The van der Waals surface area contributed by atoms with Crippen LogP contribution in [0.5, 0.6) is 0 Å². The first kappa shape index (κ1) is 19.4. The van der Waals surface area contributed by atoms with E-state index in [4.69, 9.17) is 15.2 Å². The van der Waals surface area contributed by atoms with Gasteiger partial charge in [-0.2, -0.15) is 0 Å². The number of hydrogen-bond donors (Lipinski definition) is 2. The molecule has 0 rings (SSSR count). The molecule has 20 heavy (non-hydrogen) atoms. The third-order valence-electron chi connectivity index (χ3n) is 3.12. The predicted octanol–water partition coefficient (Wildman–Crippen LogP) is 1.84. The van der Waals surface area contributed by atoms with Crippen LogP contribution in [0.1, 0.15) is 53.9 Å². The molecule has 0 aromatic carbocycles. The van der Waals surface area contributed by atoms with Gasteiger partial charge in [0.15, 0.2) is 0 Å². The second kappa shape index (κ2) is 10.1. The van der Waals surface area contributed by atoms with Gasteiger partial charge in [0.1, 0.15) is 0 Å². The molecule has 0 aliphatic heterocycles. The molecule has 120 valence electrons. The lowest BCUT2D eigenvalue weighted by Crippen LogP contribution is -2.57. The Hall–Kier alpha value is -0.650. The average molecular weight is 288 g/mol. The van der Waals surface area contributed by atoms with E-state index in [1.165, 1.54) is 0 Å². The van der Waals surface area contributed by atoms with Crippen LogP contribution in [-0.4, -0.2) is 43.4 Å². The summed E-state index contributed by atoms with van der Waals surface area (Å²) in [4.78, 5) is 11.6. The topological polar surface area (TPSA) is 73.6 Å². The molecule has 0 aliphatic carbocycles. The zero-order valence-electron chi connectivity index (χ0n) is 13.7. The van der Waals surface area contributed by atoms with E-state index >= 15 is 0 Å². The smallest absolute Gasteiger partial charge is 0.237 e. The van der Waals surface area contributed by atoms with Crippen molar-refractivity contribution in [1.29, 1.82) is 0 Å². The lowest BCUT2D eigenvalue weighted by molar-refractivity contribution is -0.125. The largest absolute Gasteiger partial charge is 0.379 e. The minimum Gasteiger partial charge on any atom is -0.379 e. The maximum atomic E-state index is 11.6. The number of nitrogens with two attached hydrogens (primary N) is 1. The Kier molecular flexibility index (Phi) is 9.80. The molecule has 5 nitrogen and oxygen atoms in total. The van der Waals surface area contributed by atoms with Crippen LogP contribution in [0.2, 0.25) is 0 Å². The zero-order valence-corrected chi connectivity index (χ0v) is 13.7. The van der Waals surface area contributed by atoms with Crippen molar-refractivity contribution in [3.8, 4) is 0 Å². The molecular formula is C15H32N2O3. The highest BCUT2D eigenvalue weighted by molar-refractivity contribution is 5.84. The Morgan fingerprint density at radius 2 is 1.90 bits per heavy atom. The molecule has 0 aliphatic rings. The highest BCUT2D eigenvalue weighted by atomic mass is 16.5. The molecule has 0 radical (unpaired) electrons. The summed E-state index contributed by atoms with van der Waals surface area (Å²) in [6, 6.07) is 0.192. The number of carbonyl (C=O) groups excluding carboxylic acids is 1. The van der Waals surface area contributed by atoms with Crippen LogP contribution >= 0.6 is 0 Å². The van der Waals surface area contributed by atoms with Crippen molar-refractivity contribution in [2.75, 3.05) is 19.8 Å². The average Bonchev–Trinajstić information content (AvgIpc) is 2.32. The van der Waals surface area contributed by atoms with Gasteiger partial charge in [0.05, 0.1) is 24.9 Å². The lowest BCUT2D eigenvalue weighted by atomic mass is 9.93. The van der Waals surface area contributed by atoms with Gasteiger partial charge in [0.2, 0.25) is 5.91 Å². The standard InChI is InChI=1S/C15H32N2O3/c1-6-7-8-19-9-10-20-13(4)11-15(5,14(16)18)17-12(2)3/h12-13,17H,6-11H2,1-5H3,(H2,16,18). The Labute approximate surface area is 123 Å². The molecule has 1 amide bonds. The van der Waals surface area contributed by atoms with Crippen molar-refractivity contribution in [2.45, 2.75) is 71.6 Å². The molecule has 0 spiro atoms.